The van der Waals surface area contributed by atoms with Crippen LogP contribution in [0.2, 0.25) is 0 Å². The van der Waals surface area contributed by atoms with E-state index in [1.807, 2.05) is 6.07 Å². The predicted molar refractivity (Wildman–Crippen MR) is 133 cm³/mol. The number of benzene rings is 2. The molecule has 1 unspecified atom stereocenters. The molecule has 8 heteroatoms. The molecule has 0 aliphatic carbocycles. The minimum Gasteiger partial charge on any atom is -0.480 e. The van der Waals surface area contributed by atoms with Crippen LogP contribution in [-0.2, 0) is 25.7 Å². The standard InChI is InChI=1S/C23H32FNO.C4H6O5/c1-4-5-8-14-25-15-21(23-18(2)10-9-11-19(23)3)17-26-16-20-12-6-7-13-22(20)24;5-3(6)1-9-2-4(7)8/h6-7,9-13,21,25H,4-5,8,14-17H2,1-3H3;1-2H2,(H,5,6)(H,7,8). The number of rotatable bonds is 15. The van der Waals surface area contributed by atoms with E-state index in [0.29, 0.717) is 18.8 Å². The third-order valence-corrected chi connectivity index (χ3v) is 5.28. The van der Waals surface area contributed by atoms with E-state index in [1.165, 1.54) is 42.0 Å². The van der Waals surface area contributed by atoms with Gasteiger partial charge < -0.3 is 25.0 Å². The molecule has 0 aliphatic heterocycles. The SMILES string of the molecule is CCCCCNCC(COCc1ccccc1F)c1c(C)cccc1C.O=C(O)COCC(=O)O. The van der Waals surface area contributed by atoms with Crippen LogP contribution in [0.4, 0.5) is 4.39 Å². The van der Waals surface area contributed by atoms with Crippen LogP contribution in [-0.4, -0.2) is 55.1 Å². The first-order valence-corrected chi connectivity index (χ1v) is 11.9. The Morgan fingerprint density at radius 2 is 1.57 bits per heavy atom. The second kappa shape index (κ2) is 17.6. The first-order chi connectivity index (χ1) is 16.8. The molecule has 0 aromatic heterocycles. The third kappa shape index (κ3) is 13.0. The number of hydrogen-bond donors (Lipinski definition) is 3. The number of ether oxygens (including phenoxy) is 2. The summed E-state index contributed by atoms with van der Waals surface area (Å²) in [6, 6.07) is 13.2. The van der Waals surface area contributed by atoms with Crippen LogP contribution in [0, 0.1) is 19.7 Å². The summed E-state index contributed by atoms with van der Waals surface area (Å²) in [5.41, 5.74) is 4.55. The third-order valence-electron chi connectivity index (χ3n) is 5.28. The van der Waals surface area contributed by atoms with Crippen molar-refractivity contribution < 1.29 is 33.7 Å². The minimum atomic E-state index is -1.17. The van der Waals surface area contributed by atoms with Crippen LogP contribution in [0.3, 0.4) is 0 Å². The Hall–Kier alpha value is -2.81. The predicted octanol–water partition coefficient (Wildman–Crippen LogP) is 4.69. The number of carbonyl (C=O) groups is 2. The van der Waals surface area contributed by atoms with Crippen molar-refractivity contribution in [1.29, 1.82) is 0 Å². The van der Waals surface area contributed by atoms with Crippen LogP contribution < -0.4 is 5.32 Å². The molecule has 0 saturated carbocycles. The Morgan fingerprint density at radius 3 is 2.14 bits per heavy atom. The molecule has 0 fully saturated rings. The van der Waals surface area contributed by atoms with Crippen molar-refractivity contribution in [2.24, 2.45) is 0 Å². The molecule has 0 radical (unpaired) electrons. The molecule has 0 spiro atoms. The van der Waals surface area contributed by atoms with Gasteiger partial charge in [-0.2, -0.15) is 0 Å². The highest BCUT2D eigenvalue weighted by atomic mass is 19.1. The highest BCUT2D eigenvalue weighted by Crippen LogP contribution is 2.24. The Kier molecular flexibility index (Phi) is 15.2. The maximum atomic E-state index is 13.8. The molecular formula is C27H38FNO6. The van der Waals surface area contributed by atoms with Gasteiger partial charge in [-0.3, -0.25) is 0 Å². The highest BCUT2D eigenvalue weighted by Gasteiger charge is 2.16. The lowest BCUT2D eigenvalue weighted by molar-refractivity contribution is -0.148. The zero-order chi connectivity index (χ0) is 26.1. The smallest absolute Gasteiger partial charge is 0.329 e. The van der Waals surface area contributed by atoms with E-state index < -0.39 is 25.2 Å². The van der Waals surface area contributed by atoms with E-state index in [2.05, 4.69) is 49.0 Å². The van der Waals surface area contributed by atoms with Gasteiger partial charge in [-0.1, -0.05) is 56.2 Å². The molecule has 2 aromatic rings. The normalized spacial score (nSPS) is 11.4. The fourth-order valence-corrected chi connectivity index (χ4v) is 3.64. The number of carboxylic acids is 2. The van der Waals surface area contributed by atoms with Crippen LogP contribution in [0.5, 0.6) is 0 Å². The second-order valence-corrected chi connectivity index (χ2v) is 8.30. The lowest BCUT2D eigenvalue weighted by atomic mass is 9.91. The van der Waals surface area contributed by atoms with Crippen molar-refractivity contribution in [1.82, 2.24) is 5.32 Å². The summed E-state index contributed by atoms with van der Waals surface area (Å²) in [7, 11) is 0. The summed E-state index contributed by atoms with van der Waals surface area (Å²) in [5.74, 6) is -2.27. The van der Waals surface area contributed by atoms with Gasteiger partial charge in [0.1, 0.15) is 19.0 Å². The monoisotopic (exact) mass is 491 g/mol. The summed E-state index contributed by atoms with van der Waals surface area (Å²) < 4.78 is 23.9. The van der Waals surface area contributed by atoms with Crippen LogP contribution in [0.15, 0.2) is 42.5 Å². The Morgan fingerprint density at radius 1 is 0.943 bits per heavy atom. The van der Waals surface area contributed by atoms with Gasteiger partial charge in [-0.15, -0.1) is 0 Å². The van der Waals surface area contributed by atoms with E-state index in [9.17, 15) is 14.0 Å². The molecule has 3 N–H and O–H groups in total. The number of halogens is 1. The topological polar surface area (TPSA) is 105 Å². The first-order valence-electron chi connectivity index (χ1n) is 11.9. The van der Waals surface area contributed by atoms with E-state index in [0.717, 1.165) is 13.1 Å². The maximum Gasteiger partial charge on any atom is 0.329 e. The van der Waals surface area contributed by atoms with Crippen molar-refractivity contribution >= 4 is 11.9 Å². The summed E-state index contributed by atoms with van der Waals surface area (Å²) in [6.07, 6.45) is 3.69. The largest absolute Gasteiger partial charge is 0.480 e. The molecular weight excluding hydrogens is 453 g/mol. The Balaban J connectivity index is 0.000000579. The van der Waals surface area contributed by atoms with E-state index >= 15 is 0 Å². The average Bonchev–Trinajstić information content (AvgIpc) is 2.79. The Bertz CT molecular complexity index is 871. The molecule has 0 heterocycles. The maximum absolute atomic E-state index is 13.8. The van der Waals surface area contributed by atoms with Crippen LogP contribution in [0.1, 0.15) is 54.4 Å². The summed E-state index contributed by atoms with van der Waals surface area (Å²) in [5, 5.41) is 19.4. The second-order valence-electron chi connectivity index (χ2n) is 8.30. The number of aliphatic carboxylic acids is 2. The fraction of sp³-hybridized carbons (Fsp3) is 0.481. The van der Waals surface area contributed by atoms with Gasteiger partial charge in [-0.25, -0.2) is 14.0 Å². The van der Waals surface area contributed by atoms with Crippen molar-refractivity contribution in [2.45, 2.75) is 52.6 Å². The van der Waals surface area contributed by atoms with Crippen molar-refractivity contribution in [3.8, 4) is 0 Å². The molecule has 7 nitrogen and oxygen atoms in total. The van der Waals surface area contributed by atoms with Crippen molar-refractivity contribution in [2.75, 3.05) is 32.9 Å². The molecule has 2 rings (SSSR count). The van der Waals surface area contributed by atoms with Crippen molar-refractivity contribution in [3.05, 3.63) is 70.5 Å². The molecule has 35 heavy (non-hydrogen) atoms. The minimum absolute atomic E-state index is 0.200. The first kappa shape index (κ1) is 30.2. The van der Waals surface area contributed by atoms with Crippen LogP contribution in [0.25, 0.3) is 0 Å². The van der Waals surface area contributed by atoms with E-state index in [1.54, 1.807) is 12.1 Å². The van der Waals surface area contributed by atoms with Crippen molar-refractivity contribution in [3.63, 3.8) is 0 Å². The van der Waals surface area contributed by atoms with Gasteiger partial charge >= 0.3 is 11.9 Å². The van der Waals surface area contributed by atoms with Gasteiger partial charge in [0.2, 0.25) is 0 Å². The van der Waals surface area contributed by atoms with E-state index in [4.69, 9.17) is 14.9 Å². The molecule has 0 amide bonds. The van der Waals surface area contributed by atoms with Gasteiger partial charge in [0.15, 0.2) is 0 Å². The number of hydrogen-bond acceptors (Lipinski definition) is 5. The molecule has 0 aliphatic rings. The molecule has 194 valence electrons. The summed E-state index contributed by atoms with van der Waals surface area (Å²) in [4.78, 5) is 19.3. The summed E-state index contributed by atoms with van der Waals surface area (Å²) >= 11 is 0. The number of carboxylic acid groups (broad SMARTS) is 2. The summed E-state index contributed by atoms with van der Waals surface area (Å²) in [6.45, 7) is 8.21. The van der Waals surface area contributed by atoms with Crippen LogP contribution >= 0.6 is 0 Å². The van der Waals surface area contributed by atoms with Gasteiger partial charge in [0, 0.05) is 18.0 Å². The zero-order valence-corrected chi connectivity index (χ0v) is 20.9. The quantitative estimate of drug-likeness (QED) is 0.310. The fourth-order valence-electron chi connectivity index (χ4n) is 3.64. The van der Waals surface area contributed by atoms with Gasteiger partial charge in [0.05, 0.1) is 13.2 Å². The lowest BCUT2D eigenvalue weighted by Crippen LogP contribution is -2.26. The van der Waals surface area contributed by atoms with Gasteiger partial charge in [0.25, 0.3) is 0 Å². The zero-order valence-electron chi connectivity index (χ0n) is 20.9. The molecule has 0 saturated heterocycles. The Labute approximate surface area is 207 Å². The van der Waals surface area contributed by atoms with E-state index in [-0.39, 0.29) is 11.7 Å². The number of nitrogens with one attached hydrogen (secondary N) is 1. The molecule has 0 bridgehead atoms. The molecule has 2 aromatic carbocycles. The number of aryl methyl sites for hydroxylation is 2. The molecule has 1 atom stereocenters. The number of unbranched alkanes of at least 4 members (excludes halogenated alkanes) is 2. The lowest BCUT2D eigenvalue weighted by Gasteiger charge is -2.22. The highest BCUT2D eigenvalue weighted by molar-refractivity contribution is 5.70. The van der Waals surface area contributed by atoms with Gasteiger partial charge in [-0.05, 0) is 49.6 Å². The average molecular weight is 492 g/mol.